The van der Waals surface area contributed by atoms with Gasteiger partial charge in [-0.05, 0) is 17.7 Å². The van der Waals surface area contributed by atoms with Crippen molar-refractivity contribution in [1.29, 1.82) is 0 Å². The monoisotopic (exact) mass is 418 g/mol. The summed E-state index contributed by atoms with van der Waals surface area (Å²) in [4.78, 5) is 0. The highest BCUT2D eigenvalue weighted by atomic mass is 79.9. The zero-order valence-electron chi connectivity index (χ0n) is 13.6. The Balaban J connectivity index is 2.22. The molecular weight excluding hydrogens is 399 g/mol. The summed E-state index contributed by atoms with van der Waals surface area (Å²) in [5.41, 5.74) is 2.00. The Hall–Kier alpha value is -0.693. The van der Waals surface area contributed by atoms with E-state index < -0.39 is 8.07 Å². The fourth-order valence-corrected chi connectivity index (χ4v) is 3.60. The second-order valence-corrected chi connectivity index (χ2v) is 13.2. The maximum Gasteiger partial charge on any atom is 0.151 e. The average Bonchev–Trinajstić information content (AvgIpc) is 2.83. The summed E-state index contributed by atoms with van der Waals surface area (Å²) in [6, 6.07) is 7.77. The number of alkyl halides is 1. The predicted molar refractivity (Wildman–Crippen MR) is 99.4 cm³/mol. The number of halogens is 3. The molecular formula is C16H21BrClFN2OSi. The van der Waals surface area contributed by atoms with Crippen LogP contribution in [0.4, 0.5) is 4.39 Å². The highest BCUT2D eigenvalue weighted by Gasteiger charge is 2.17. The van der Waals surface area contributed by atoms with Gasteiger partial charge in [0.1, 0.15) is 12.5 Å². The van der Waals surface area contributed by atoms with Crippen molar-refractivity contribution in [3.05, 3.63) is 40.8 Å². The molecule has 1 heterocycles. The van der Waals surface area contributed by atoms with E-state index >= 15 is 0 Å². The molecule has 0 N–H and O–H groups in total. The van der Waals surface area contributed by atoms with E-state index in [4.69, 9.17) is 16.3 Å². The number of hydrogen-bond donors (Lipinski definition) is 0. The van der Waals surface area contributed by atoms with Crippen LogP contribution in [0.1, 0.15) is 5.56 Å². The van der Waals surface area contributed by atoms with E-state index in [-0.39, 0.29) is 12.5 Å². The molecule has 0 fully saturated rings. The van der Waals surface area contributed by atoms with Gasteiger partial charge in [0.15, 0.2) is 5.15 Å². The zero-order valence-corrected chi connectivity index (χ0v) is 16.9. The van der Waals surface area contributed by atoms with E-state index in [2.05, 4.69) is 40.7 Å². The Bertz CT molecular complexity index is 673. The summed E-state index contributed by atoms with van der Waals surface area (Å²) < 4.78 is 21.7. The normalized spacial score (nSPS) is 11.9. The van der Waals surface area contributed by atoms with Crippen LogP contribution < -0.4 is 0 Å². The number of ether oxygens (including phenoxy) is 1. The van der Waals surface area contributed by atoms with Gasteiger partial charge in [0.25, 0.3) is 0 Å². The van der Waals surface area contributed by atoms with Crippen LogP contribution in [0.3, 0.4) is 0 Å². The molecule has 3 nitrogen and oxygen atoms in total. The predicted octanol–water partition coefficient (Wildman–Crippen LogP) is 5.55. The lowest BCUT2D eigenvalue weighted by Gasteiger charge is -2.16. The molecule has 2 aromatic rings. The Morgan fingerprint density at radius 3 is 2.74 bits per heavy atom. The standard InChI is InChI=1S/C16H21BrClFN2OSi/c1-23(2,3)8-7-22-11-21-14(9-15(18)20-21)16-12(10-17)5-4-6-13(16)19/h4-6,9H,7-8,10-11H2,1-3H3. The van der Waals surface area contributed by atoms with Gasteiger partial charge in [0, 0.05) is 31.6 Å². The zero-order chi connectivity index (χ0) is 17.0. The lowest BCUT2D eigenvalue weighted by atomic mass is 10.1. The van der Waals surface area contributed by atoms with E-state index in [1.807, 2.05) is 6.07 Å². The first kappa shape index (κ1) is 18.6. The second-order valence-electron chi connectivity index (χ2n) is 6.61. The van der Waals surface area contributed by atoms with Crippen molar-refractivity contribution in [3.8, 4) is 11.3 Å². The van der Waals surface area contributed by atoms with Crippen molar-refractivity contribution in [2.75, 3.05) is 6.61 Å². The molecule has 0 spiro atoms. The third kappa shape index (κ3) is 5.14. The van der Waals surface area contributed by atoms with Crippen LogP contribution >= 0.6 is 27.5 Å². The smallest absolute Gasteiger partial charge is 0.151 e. The average molecular weight is 420 g/mol. The minimum Gasteiger partial charge on any atom is -0.360 e. The minimum atomic E-state index is -1.14. The van der Waals surface area contributed by atoms with Crippen molar-refractivity contribution in [2.45, 2.75) is 37.7 Å². The largest absolute Gasteiger partial charge is 0.360 e. The second kappa shape index (κ2) is 7.92. The van der Waals surface area contributed by atoms with Crippen LogP contribution in [0.25, 0.3) is 11.3 Å². The number of rotatable bonds is 7. The number of hydrogen-bond acceptors (Lipinski definition) is 2. The Kier molecular flexibility index (Phi) is 6.42. The third-order valence-corrected chi connectivity index (χ3v) is 5.95. The minimum absolute atomic E-state index is 0.266. The Morgan fingerprint density at radius 2 is 2.09 bits per heavy atom. The van der Waals surface area contributed by atoms with Crippen LogP contribution in [-0.4, -0.2) is 24.5 Å². The number of benzene rings is 1. The molecule has 126 valence electrons. The van der Waals surface area contributed by atoms with Crippen LogP contribution in [0.2, 0.25) is 30.8 Å². The molecule has 0 radical (unpaired) electrons. The summed E-state index contributed by atoms with van der Waals surface area (Å²) in [5, 5.41) is 5.11. The maximum atomic E-state index is 14.3. The molecule has 0 saturated heterocycles. The molecule has 0 unspecified atom stereocenters. The van der Waals surface area contributed by atoms with E-state index in [1.165, 1.54) is 6.07 Å². The first-order chi connectivity index (χ1) is 10.8. The number of aromatic nitrogens is 2. The molecule has 0 atom stereocenters. The van der Waals surface area contributed by atoms with Crippen LogP contribution in [-0.2, 0) is 16.8 Å². The van der Waals surface area contributed by atoms with Crippen molar-refractivity contribution < 1.29 is 9.13 Å². The molecule has 23 heavy (non-hydrogen) atoms. The van der Waals surface area contributed by atoms with Crippen molar-refractivity contribution in [3.63, 3.8) is 0 Å². The summed E-state index contributed by atoms with van der Waals surface area (Å²) >= 11 is 9.43. The molecule has 1 aromatic heterocycles. The van der Waals surface area contributed by atoms with E-state index in [9.17, 15) is 4.39 Å². The van der Waals surface area contributed by atoms with E-state index in [0.29, 0.717) is 28.3 Å². The van der Waals surface area contributed by atoms with Gasteiger partial charge in [-0.3, -0.25) is 0 Å². The molecule has 0 aliphatic carbocycles. The lowest BCUT2D eigenvalue weighted by Crippen LogP contribution is -2.22. The van der Waals surface area contributed by atoms with Crippen molar-refractivity contribution in [1.82, 2.24) is 9.78 Å². The molecule has 2 rings (SSSR count). The third-order valence-electron chi connectivity index (χ3n) is 3.46. The molecule has 0 amide bonds. The maximum absolute atomic E-state index is 14.3. The fraction of sp³-hybridized carbons (Fsp3) is 0.438. The quantitative estimate of drug-likeness (QED) is 0.334. The summed E-state index contributed by atoms with van der Waals surface area (Å²) in [5.74, 6) is -0.290. The van der Waals surface area contributed by atoms with Crippen molar-refractivity contribution >= 4 is 35.6 Å². The van der Waals surface area contributed by atoms with Gasteiger partial charge in [-0.15, -0.1) is 0 Å². The SMILES string of the molecule is C[Si](C)(C)CCOCn1nc(Cl)cc1-c1c(F)cccc1CBr. The van der Waals surface area contributed by atoms with Crippen LogP contribution in [0.5, 0.6) is 0 Å². The highest BCUT2D eigenvalue weighted by Crippen LogP contribution is 2.30. The van der Waals surface area contributed by atoms with Gasteiger partial charge < -0.3 is 4.74 Å². The van der Waals surface area contributed by atoms with E-state index in [1.54, 1.807) is 16.8 Å². The van der Waals surface area contributed by atoms with Crippen LogP contribution in [0.15, 0.2) is 24.3 Å². The van der Waals surface area contributed by atoms with Crippen LogP contribution in [0, 0.1) is 5.82 Å². The van der Waals surface area contributed by atoms with E-state index in [0.717, 1.165) is 11.6 Å². The Morgan fingerprint density at radius 1 is 1.35 bits per heavy atom. The van der Waals surface area contributed by atoms with Gasteiger partial charge in [0.2, 0.25) is 0 Å². The molecule has 0 saturated carbocycles. The summed E-state index contributed by atoms with van der Waals surface area (Å²) in [6.45, 7) is 7.84. The van der Waals surface area contributed by atoms with Gasteiger partial charge >= 0.3 is 0 Å². The van der Waals surface area contributed by atoms with Gasteiger partial charge in [0.05, 0.1) is 5.69 Å². The molecule has 1 aromatic carbocycles. The Labute approximate surface area is 150 Å². The van der Waals surface area contributed by atoms with Crippen molar-refractivity contribution in [2.24, 2.45) is 0 Å². The fourth-order valence-electron chi connectivity index (χ4n) is 2.18. The molecule has 0 bridgehead atoms. The molecule has 0 aliphatic rings. The van der Waals surface area contributed by atoms with Gasteiger partial charge in [-0.1, -0.05) is 59.3 Å². The van der Waals surface area contributed by atoms with Gasteiger partial charge in [-0.25, -0.2) is 9.07 Å². The highest BCUT2D eigenvalue weighted by molar-refractivity contribution is 9.08. The summed E-state index contributed by atoms with van der Waals surface area (Å²) in [7, 11) is -1.14. The topological polar surface area (TPSA) is 27.1 Å². The molecule has 0 aliphatic heterocycles. The summed E-state index contributed by atoms with van der Waals surface area (Å²) in [6.07, 6.45) is 0. The molecule has 7 heteroatoms. The lowest BCUT2D eigenvalue weighted by molar-refractivity contribution is 0.0798. The first-order valence-corrected chi connectivity index (χ1v) is 12.7. The first-order valence-electron chi connectivity index (χ1n) is 7.46. The van der Waals surface area contributed by atoms with Gasteiger partial charge in [-0.2, -0.15) is 5.10 Å². The number of nitrogens with zero attached hydrogens (tertiary/aromatic N) is 2.